The molecule has 1 heterocycles. The second kappa shape index (κ2) is 5.09. The van der Waals surface area contributed by atoms with Crippen molar-refractivity contribution in [2.75, 3.05) is 11.9 Å². The molecule has 5 nitrogen and oxygen atoms in total. The molecule has 0 saturated heterocycles. The number of nitrogens with one attached hydrogen (secondary N) is 2. The van der Waals surface area contributed by atoms with E-state index in [2.05, 4.69) is 30.8 Å². The molecule has 0 radical (unpaired) electrons. The van der Waals surface area contributed by atoms with Crippen LogP contribution in [0.25, 0.3) is 0 Å². The van der Waals surface area contributed by atoms with E-state index in [9.17, 15) is 8.42 Å². The van der Waals surface area contributed by atoms with E-state index in [1.54, 1.807) is 6.92 Å². The molecule has 0 aliphatic heterocycles. The van der Waals surface area contributed by atoms with E-state index >= 15 is 0 Å². The minimum Gasteiger partial charge on any atom is -0.281 e. The number of nitrogens with zero attached hydrogens (tertiary/aromatic N) is 1. The van der Waals surface area contributed by atoms with Gasteiger partial charge in [0.05, 0.1) is 11.9 Å². The fourth-order valence-corrected chi connectivity index (χ4v) is 2.52. The number of hydrogen-bond donors (Lipinski definition) is 2. The van der Waals surface area contributed by atoms with Gasteiger partial charge in [0.1, 0.15) is 4.90 Å². The lowest BCUT2D eigenvalue weighted by atomic mass is 10.2. The first-order chi connectivity index (χ1) is 6.97. The normalized spacial score (nSPS) is 14.1. The van der Waals surface area contributed by atoms with Crippen LogP contribution in [0.2, 0.25) is 0 Å². The number of rotatable bonds is 5. The van der Waals surface area contributed by atoms with Crippen molar-refractivity contribution >= 4 is 26.0 Å². The van der Waals surface area contributed by atoms with Gasteiger partial charge in [-0.25, -0.2) is 13.1 Å². The Bertz CT molecular complexity index is 415. The van der Waals surface area contributed by atoms with Crippen molar-refractivity contribution in [2.24, 2.45) is 5.92 Å². The highest BCUT2D eigenvalue weighted by molar-refractivity contribution is 9.09. The van der Waals surface area contributed by atoms with Gasteiger partial charge in [-0.15, -0.1) is 0 Å². The van der Waals surface area contributed by atoms with Crippen LogP contribution in [0.3, 0.4) is 0 Å². The molecule has 0 bridgehead atoms. The Kier molecular flexibility index (Phi) is 4.30. The number of alkyl halides is 1. The number of halogens is 1. The summed E-state index contributed by atoms with van der Waals surface area (Å²) in [4.78, 5) is 0.212. The molecule has 0 aromatic carbocycles. The van der Waals surface area contributed by atoms with Crippen molar-refractivity contribution in [1.29, 1.82) is 0 Å². The van der Waals surface area contributed by atoms with Crippen LogP contribution in [0.4, 0.5) is 0 Å². The van der Waals surface area contributed by atoms with Crippen LogP contribution in [0.15, 0.2) is 11.1 Å². The van der Waals surface area contributed by atoms with Gasteiger partial charge in [0.2, 0.25) is 10.0 Å². The van der Waals surface area contributed by atoms with Gasteiger partial charge < -0.3 is 0 Å². The SMILES string of the molecule is Cc1[nH]ncc1S(=O)(=O)NCC(C)CBr. The number of aryl methyl sites for hydroxylation is 1. The summed E-state index contributed by atoms with van der Waals surface area (Å²) < 4.78 is 26.0. The van der Waals surface area contributed by atoms with Crippen LogP contribution in [0, 0.1) is 12.8 Å². The van der Waals surface area contributed by atoms with E-state index < -0.39 is 10.0 Å². The highest BCUT2D eigenvalue weighted by atomic mass is 79.9. The lowest BCUT2D eigenvalue weighted by Crippen LogP contribution is -2.29. The van der Waals surface area contributed by atoms with Gasteiger partial charge in [0, 0.05) is 11.9 Å². The summed E-state index contributed by atoms with van der Waals surface area (Å²) in [6.07, 6.45) is 1.32. The van der Waals surface area contributed by atoms with E-state index in [0.29, 0.717) is 12.2 Å². The zero-order valence-corrected chi connectivity index (χ0v) is 11.0. The summed E-state index contributed by atoms with van der Waals surface area (Å²) in [6.45, 7) is 4.05. The van der Waals surface area contributed by atoms with E-state index in [4.69, 9.17) is 0 Å². The summed E-state index contributed by atoms with van der Waals surface area (Å²) in [6, 6.07) is 0. The molecule has 0 spiro atoms. The molecule has 1 aromatic rings. The van der Waals surface area contributed by atoms with E-state index in [1.807, 2.05) is 6.92 Å². The quantitative estimate of drug-likeness (QED) is 0.797. The third-order valence-electron chi connectivity index (χ3n) is 1.96. The molecule has 2 N–H and O–H groups in total. The number of aromatic amines is 1. The second-order valence-electron chi connectivity index (χ2n) is 3.47. The van der Waals surface area contributed by atoms with Crippen molar-refractivity contribution in [3.8, 4) is 0 Å². The van der Waals surface area contributed by atoms with Crippen molar-refractivity contribution < 1.29 is 8.42 Å². The van der Waals surface area contributed by atoms with Crippen LogP contribution in [0.1, 0.15) is 12.6 Å². The molecule has 1 unspecified atom stereocenters. The standard InChI is InChI=1S/C8H14BrN3O2S/c1-6(3-9)4-11-15(13,14)8-5-10-12-7(8)2/h5-6,11H,3-4H2,1-2H3,(H,10,12). The molecule has 0 fully saturated rings. The zero-order valence-electron chi connectivity index (χ0n) is 8.62. The molecule has 86 valence electrons. The van der Waals surface area contributed by atoms with Gasteiger partial charge in [-0.2, -0.15) is 5.10 Å². The van der Waals surface area contributed by atoms with Gasteiger partial charge in [-0.3, -0.25) is 5.10 Å². The Morgan fingerprint density at radius 2 is 2.33 bits per heavy atom. The van der Waals surface area contributed by atoms with Gasteiger partial charge >= 0.3 is 0 Å². The molecule has 0 aliphatic rings. The lowest BCUT2D eigenvalue weighted by Gasteiger charge is -2.09. The Balaban J connectivity index is 2.73. The summed E-state index contributed by atoms with van der Waals surface area (Å²) in [5, 5.41) is 7.04. The zero-order chi connectivity index (χ0) is 11.5. The first-order valence-electron chi connectivity index (χ1n) is 4.53. The Hall–Kier alpha value is -0.400. The first kappa shape index (κ1) is 12.7. The van der Waals surface area contributed by atoms with Gasteiger partial charge in [0.15, 0.2) is 0 Å². The summed E-state index contributed by atoms with van der Waals surface area (Å²) >= 11 is 3.29. The van der Waals surface area contributed by atoms with Crippen LogP contribution in [0.5, 0.6) is 0 Å². The molecule has 7 heteroatoms. The minimum absolute atomic E-state index is 0.212. The molecule has 1 aromatic heterocycles. The van der Waals surface area contributed by atoms with Crippen LogP contribution in [-0.4, -0.2) is 30.5 Å². The second-order valence-corrected chi connectivity index (χ2v) is 5.85. The van der Waals surface area contributed by atoms with Crippen LogP contribution in [-0.2, 0) is 10.0 Å². The lowest BCUT2D eigenvalue weighted by molar-refractivity contribution is 0.563. The van der Waals surface area contributed by atoms with E-state index in [1.165, 1.54) is 6.20 Å². The topological polar surface area (TPSA) is 74.8 Å². The fourth-order valence-electron chi connectivity index (χ4n) is 0.995. The smallest absolute Gasteiger partial charge is 0.243 e. The van der Waals surface area contributed by atoms with Gasteiger partial charge in [-0.1, -0.05) is 22.9 Å². The summed E-state index contributed by atoms with van der Waals surface area (Å²) in [7, 11) is -3.42. The predicted octanol–water partition coefficient (Wildman–Crippen LogP) is 1.03. The maximum Gasteiger partial charge on any atom is 0.243 e. The molecule has 1 rings (SSSR count). The maximum atomic E-state index is 11.7. The fraction of sp³-hybridized carbons (Fsp3) is 0.625. The Morgan fingerprint density at radius 1 is 1.67 bits per heavy atom. The third-order valence-corrected chi connectivity index (χ3v) is 4.60. The van der Waals surface area contributed by atoms with E-state index in [0.717, 1.165) is 5.33 Å². The van der Waals surface area contributed by atoms with Crippen LogP contribution >= 0.6 is 15.9 Å². The maximum absolute atomic E-state index is 11.7. The molecule has 1 atom stereocenters. The largest absolute Gasteiger partial charge is 0.281 e. The number of H-pyrrole nitrogens is 1. The Labute approximate surface area is 97.8 Å². The first-order valence-corrected chi connectivity index (χ1v) is 7.13. The number of aromatic nitrogens is 2. The van der Waals surface area contributed by atoms with Crippen molar-refractivity contribution in [3.05, 3.63) is 11.9 Å². The molecule has 15 heavy (non-hydrogen) atoms. The van der Waals surface area contributed by atoms with Gasteiger partial charge in [-0.05, 0) is 12.8 Å². The van der Waals surface area contributed by atoms with Gasteiger partial charge in [0.25, 0.3) is 0 Å². The van der Waals surface area contributed by atoms with Crippen molar-refractivity contribution in [1.82, 2.24) is 14.9 Å². The molecular formula is C8H14BrN3O2S. The summed E-state index contributed by atoms with van der Waals surface area (Å²) in [5.74, 6) is 0.256. The predicted molar refractivity (Wildman–Crippen MR) is 61.5 cm³/mol. The average molecular weight is 296 g/mol. The molecule has 0 aliphatic carbocycles. The average Bonchev–Trinajstić information content (AvgIpc) is 2.61. The highest BCUT2D eigenvalue weighted by Crippen LogP contribution is 2.11. The van der Waals surface area contributed by atoms with Crippen molar-refractivity contribution in [3.63, 3.8) is 0 Å². The van der Waals surface area contributed by atoms with Crippen LogP contribution < -0.4 is 4.72 Å². The molecule has 0 saturated carbocycles. The monoisotopic (exact) mass is 295 g/mol. The third kappa shape index (κ3) is 3.29. The van der Waals surface area contributed by atoms with Crippen molar-refractivity contribution in [2.45, 2.75) is 18.7 Å². The minimum atomic E-state index is -3.42. The summed E-state index contributed by atoms with van der Waals surface area (Å²) in [5.41, 5.74) is 0.550. The number of hydrogen-bond acceptors (Lipinski definition) is 3. The van der Waals surface area contributed by atoms with E-state index in [-0.39, 0.29) is 10.8 Å². The Morgan fingerprint density at radius 3 is 2.80 bits per heavy atom. The number of sulfonamides is 1. The molecular weight excluding hydrogens is 282 g/mol. The molecule has 0 amide bonds. The highest BCUT2D eigenvalue weighted by Gasteiger charge is 2.18.